The van der Waals surface area contributed by atoms with Gasteiger partial charge in [-0.1, -0.05) is 11.6 Å². The third kappa shape index (κ3) is 2.29. The molecule has 2 aromatic heterocycles. The molecule has 0 amide bonds. The van der Waals surface area contributed by atoms with Crippen molar-refractivity contribution in [3.05, 3.63) is 28.2 Å². The van der Waals surface area contributed by atoms with E-state index in [-0.39, 0.29) is 0 Å². The third-order valence-electron chi connectivity index (χ3n) is 1.48. The number of nitrogens with zero attached hydrogens (tertiary/aromatic N) is 1. The summed E-state index contributed by atoms with van der Waals surface area (Å²) in [4.78, 5) is 16.0. The van der Waals surface area contributed by atoms with E-state index >= 15 is 0 Å². The first-order valence-corrected chi connectivity index (χ1v) is 4.95. The Hall–Kier alpha value is -0.970. The zero-order valence-corrected chi connectivity index (χ0v) is 8.97. The van der Waals surface area contributed by atoms with Crippen LogP contribution in [0.25, 0.3) is 10.2 Å². The summed E-state index contributed by atoms with van der Waals surface area (Å²) < 4.78 is 0. The molecule has 0 bridgehead atoms. The molecule has 74 valence electrons. The second kappa shape index (κ2) is 5.05. The molecule has 0 aliphatic rings. The number of pyridine rings is 1. The normalized spacial score (nSPS) is 9.36. The fraction of sp³-hybridized carbons (Fsp3) is 0.111. The topological polar surface area (TPSA) is 50.2 Å². The van der Waals surface area contributed by atoms with Crippen LogP contribution >= 0.6 is 22.9 Å². The van der Waals surface area contributed by atoms with Gasteiger partial charge in [-0.15, -0.1) is 11.3 Å². The van der Waals surface area contributed by atoms with Crippen molar-refractivity contribution in [2.45, 2.75) is 0 Å². The Morgan fingerprint density at radius 3 is 2.86 bits per heavy atom. The number of aldehydes is 1. The first-order valence-electron chi connectivity index (χ1n) is 3.75. The molecule has 0 unspecified atom stereocenters. The molecule has 0 fully saturated rings. The standard InChI is InChI=1S/C8H4ClNOS.CH4O/c9-7-2-1-5-3-6(4-11)12-8(5)10-7;1-2/h1-4H;2H,1H3. The van der Waals surface area contributed by atoms with Gasteiger partial charge in [0.25, 0.3) is 0 Å². The predicted octanol–water partition coefficient (Wildman–Crippen LogP) is 2.37. The molecule has 0 aliphatic carbocycles. The number of aromatic nitrogens is 1. The molecule has 0 saturated heterocycles. The molecule has 0 spiro atoms. The molecule has 14 heavy (non-hydrogen) atoms. The van der Waals surface area contributed by atoms with E-state index in [4.69, 9.17) is 16.7 Å². The van der Waals surface area contributed by atoms with Crippen LogP contribution in [0, 0.1) is 0 Å². The van der Waals surface area contributed by atoms with E-state index in [0.29, 0.717) is 10.0 Å². The van der Waals surface area contributed by atoms with Gasteiger partial charge in [0.1, 0.15) is 9.98 Å². The van der Waals surface area contributed by atoms with Gasteiger partial charge in [0.05, 0.1) is 4.88 Å². The molecule has 1 N–H and O–H groups in total. The van der Waals surface area contributed by atoms with Crippen LogP contribution in [0.1, 0.15) is 9.67 Å². The van der Waals surface area contributed by atoms with Crippen LogP contribution in [-0.4, -0.2) is 23.5 Å². The number of thiophene rings is 1. The van der Waals surface area contributed by atoms with Gasteiger partial charge in [-0.3, -0.25) is 4.79 Å². The molecule has 0 aliphatic heterocycles. The van der Waals surface area contributed by atoms with Gasteiger partial charge in [-0.25, -0.2) is 4.98 Å². The number of carbonyl (C=O) groups excluding carboxylic acids is 1. The number of hydrogen-bond donors (Lipinski definition) is 1. The second-order valence-corrected chi connectivity index (χ2v) is 3.74. The Morgan fingerprint density at radius 1 is 1.50 bits per heavy atom. The Labute approximate surface area is 90.0 Å². The van der Waals surface area contributed by atoms with Crippen molar-refractivity contribution in [2.24, 2.45) is 0 Å². The van der Waals surface area contributed by atoms with Crippen molar-refractivity contribution in [1.29, 1.82) is 0 Å². The molecule has 5 heteroatoms. The molecular weight excluding hydrogens is 222 g/mol. The summed E-state index contributed by atoms with van der Waals surface area (Å²) in [7, 11) is 1.00. The highest BCUT2D eigenvalue weighted by molar-refractivity contribution is 7.20. The number of hydrogen-bond acceptors (Lipinski definition) is 4. The van der Waals surface area contributed by atoms with E-state index in [1.165, 1.54) is 11.3 Å². The lowest BCUT2D eigenvalue weighted by atomic mass is 10.3. The van der Waals surface area contributed by atoms with E-state index < -0.39 is 0 Å². The summed E-state index contributed by atoms with van der Waals surface area (Å²) in [5.74, 6) is 0. The van der Waals surface area contributed by atoms with Crippen molar-refractivity contribution in [3.63, 3.8) is 0 Å². The van der Waals surface area contributed by atoms with E-state index in [2.05, 4.69) is 4.98 Å². The van der Waals surface area contributed by atoms with Crippen LogP contribution in [0.4, 0.5) is 0 Å². The van der Waals surface area contributed by atoms with Crippen LogP contribution in [0.2, 0.25) is 5.15 Å². The van der Waals surface area contributed by atoms with Crippen LogP contribution in [0.3, 0.4) is 0 Å². The van der Waals surface area contributed by atoms with Gasteiger partial charge in [-0.2, -0.15) is 0 Å². The first kappa shape index (κ1) is 11.1. The van der Waals surface area contributed by atoms with Crippen molar-refractivity contribution >= 4 is 39.4 Å². The average molecular weight is 230 g/mol. The maximum atomic E-state index is 10.4. The molecular formula is C9H8ClNO2S. The summed E-state index contributed by atoms with van der Waals surface area (Å²) >= 11 is 7.03. The van der Waals surface area contributed by atoms with Crippen molar-refractivity contribution in [2.75, 3.05) is 7.11 Å². The summed E-state index contributed by atoms with van der Waals surface area (Å²) in [5.41, 5.74) is 0. The Morgan fingerprint density at radius 2 is 2.21 bits per heavy atom. The number of aliphatic hydroxyl groups is 1. The van der Waals surface area contributed by atoms with Gasteiger partial charge < -0.3 is 5.11 Å². The Bertz CT molecular complexity index is 441. The molecule has 3 nitrogen and oxygen atoms in total. The van der Waals surface area contributed by atoms with E-state index in [1.54, 1.807) is 12.1 Å². The highest BCUT2D eigenvalue weighted by Crippen LogP contribution is 2.23. The highest BCUT2D eigenvalue weighted by atomic mass is 35.5. The van der Waals surface area contributed by atoms with Crippen molar-refractivity contribution in [3.8, 4) is 0 Å². The summed E-state index contributed by atoms with van der Waals surface area (Å²) in [6.45, 7) is 0. The van der Waals surface area contributed by atoms with Crippen molar-refractivity contribution in [1.82, 2.24) is 4.98 Å². The highest BCUT2D eigenvalue weighted by Gasteiger charge is 2.01. The monoisotopic (exact) mass is 229 g/mol. The fourth-order valence-electron chi connectivity index (χ4n) is 0.973. The van der Waals surface area contributed by atoms with Crippen LogP contribution in [0.5, 0.6) is 0 Å². The largest absolute Gasteiger partial charge is 0.400 e. The second-order valence-electron chi connectivity index (χ2n) is 2.29. The lowest BCUT2D eigenvalue weighted by Gasteiger charge is -1.87. The van der Waals surface area contributed by atoms with Gasteiger partial charge in [-0.05, 0) is 18.2 Å². The van der Waals surface area contributed by atoms with Gasteiger partial charge in [0.15, 0.2) is 6.29 Å². The number of halogens is 1. The van der Waals surface area contributed by atoms with E-state index in [9.17, 15) is 4.79 Å². The van der Waals surface area contributed by atoms with E-state index in [0.717, 1.165) is 23.6 Å². The van der Waals surface area contributed by atoms with Crippen LogP contribution in [-0.2, 0) is 0 Å². The minimum atomic E-state index is 0.460. The first-order chi connectivity index (χ1) is 6.79. The third-order valence-corrected chi connectivity index (χ3v) is 2.66. The lowest BCUT2D eigenvalue weighted by molar-refractivity contribution is 0.112. The minimum Gasteiger partial charge on any atom is -0.400 e. The maximum absolute atomic E-state index is 10.4. The molecule has 2 aromatic rings. The number of carbonyl (C=O) groups is 1. The van der Waals surface area contributed by atoms with E-state index in [1.807, 2.05) is 6.07 Å². The van der Waals surface area contributed by atoms with Crippen LogP contribution < -0.4 is 0 Å². The Kier molecular flexibility index (Phi) is 4.00. The van der Waals surface area contributed by atoms with Crippen LogP contribution in [0.15, 0.2) is 18.2 Å². The quantitative estimate of drug-likeness (QED) is 0.603. The summed E-state index contributed by atoms with van der Waals surface area (Å²) in [6, 6.07) is 5.37. The van der Waals surface area contributed by atoms with Gasteiger partial charge >= 0.3 is 0 Å². The zero-order valence-electron chi connectivity index (χ0n) is 7.40. The molecule has 0 aromatic carbocycles. The minimum absolute atomic E-state index is 0.460. The van der Waals surface area contributed by atoms with Gasteiger partial charge in [0, 0.05) is 12.5 Å². The molecule has 2 heterocycles. The van der Waals surface area contributed by atoms with Crippen molar-refractivity contribution < 1.29 is 9.90 Å². The maximum Gasteiger partial charge on any atom is 0.160 e. The summed E-state index contributed by atoms with van der Waals surface area (Å²) in [6.07, 6.45) is 0.820. The zero-order chi connectivity index (χ0) is 10.6. The molecule has 2 rings (SSSR count). The lowest BCUT2D eigenvalue weighted by Crippen LogP contribution is -1.70. The number of aliphatic hydroxyl groups excluding tert-OH is 1. The molecule has 0 radical (unpaired) electrons. The number of rotatable bonds is 1. The Balaban J connectivity index is 0.000000461. The number of fused-ring (bicyclic) bond motifs is 1. The predicted molar refractivity (Wildman–Crippen MR) is 58.2 cm³/mol. The fourth-order valence-corrected chi connectivity index (χ4v) is 2.02. The van der Waals surface area contributed by atoms with Gasteiger partial charge in [0.2, 0.25) is 0 Å². The molecule has 0 saturated carbocycles. The summed E-state index contributed by atoms with van der Waals surface area (Å²) in [5, 5.41) is 8.42. The smallest absolute Gasteiger partial charge is 0.160 e. The molecule has 0 atom stereocenters. The SMILES string of the molecule is CO.O=Cc1cc2ccc(Cl)nc2s1. The average Bonchev–Trinajstić information content (AvgIpc) is 2.62.